The smallest absolute Gasteiger partial charge is 0.335 e. The summed E-state index contributed by atoms with van der Waals surface area (Å²) >= 11 is 5.91. The zero-order valence-electron chi connectivity index (χ0n) is 11.6. The molecule has 0 atom stereocenters. The molecule has 1 heterocycles. The van der Waals surface area contributed by atoms with Crippen molar-refractivity contribution in [3.05, 3.63) is 77.1 Å². The number of rotatable bonds is 4. The van der Waals surface area contributed by atoms with Gasteiger partial charge in [0, 0.05) is 29.5 Å². The molecule has 0 aliphatic carbocycles. The normalized spacial score (nSPS) is 10.6. The van der Waals surface area contributed by atoms with Gasteiger partial charge >= 0.3 is 5.97 Å². The molecule has 0 aliphatic heterocycles. The lowest BCUT2D eigenvalue weighted by Gasteiger charge is -2.09. The average Bonchev–Trinajstić information content (AvgIpc) is 2.96. The van der Waals surface area contributed by atoms with E-state index in [1.165, 1.54) is 0 Å². The van der Waals surface area contributed by atoms with Gasteiger partial charge in [0.15, 0.2) is 0 Å². The minimum absolute atomic E-state index is 0.283. The highest BCUT2D eigenvalue weighted by molar-refractivity contribution is 6.30. The summed E-state index contributed by atoms with van der Waals surface area (Å²) in [4.78, 5) is 15.4. The first-order valence-electron chi connectivity index (χ1n) is 6.73. The van der Waals surface area contributed by atoms with E-state index < -0.39 is 5.97 Å². The fraction of sp³-hybridized carbons (Fsp3) is 0.0588. The molecule has 110 valence electrons. The summed E-state index contributed by atoms with van der Waals surface area (Å²) in [5, 5.41) is 9.74. The lowest BCUT2D eigenvalue weighted by molar-refractivity contribution is 0.0696. The van der Waals surface area contributed by atoms with Crippen molar-refractivity contribution < 1.29 is 9.90 Å². The number of hydrogen-bond acceptors (Lipinski definition) is 2. The number of carboxylic acids is 1. The Morgan fingerprint density at radius 1 is 1.18 bits per heavy atom. The Hall–Kier alpha value is -2.59. The maximum atomic E-state index is 11.0. The largest absolute Gasteiger partial charge is 0.478 e. The third kappa shape index (κ3) is 3.02. The molecule has 4 nitrogen and oxygen atoms in total. The van der Waals surface area contributed by atoms with Crippen LogP contribution in [0.15, 0.2) is 60.9 Å². The van der Waals surface area contributed by atoms with Crippen LogP contribution in [0.1, 0.15) is 15.9 Å². The molecule has 0 amide bonds. The lowest BCUT2D eigenvalue weighted by atomic mass is 10.1. The number of carbonyl (C=O) groups is 1. The van der Waals surface area contributed by atoms with Gasteiger partial charge in [-0.1, -0.05) is 23.7 Å². The summed E-state index contributed by atoms with van der Waals surface area (Å²) < 4.78 is 1.98. The molecule has 5 heteroatoms. The van der Waals surface area contributed by atoms with Crippen molar-refractivity contribution in [2.75, 3.05) is 0 Å². The van der Waals surface area contributed by atoms with Gasteiger partial charge in [0.25, 0.3) is 0 Å². The van der Waals surface area contributed by atoms with Crippen LogP contribution in [0.3, 0.4) is 0 Å². The van der Waals surface area contributed by atoms with Crippen molar-refractivity contribution in [3.8, 4) is 11.4 Å². The number of carboxylic acid groups (broad SMARTS) is 1. The topological polar surface area (TPSA) is 55.1 Å². The Morgan fingerprint density at radius 2 is 1.95 bits per heavy atom. The number of aromatic carboxylic acids is 1. The molecule has 0 unspecified atom stereocenters. The van der Waals surface area contributed by atoms with Crippen molar-refractivity contribution in [2.24, 2.45) is 0 Å². The number of aromatic nitrogens is 2. The molecular formula is C17H13ClN2O2. The molecule has 3 aromatic rings. The predicted octanol–water partition coefficient (Wildman–Crippen LogP) is 3.95. The standard InChI is InChI=1S/C17H13ClN2O2/c18-15-6-4-13(5-7-15)16-19-8-9-20(16)11-12-2-1-3-14(10-12)17(21)22/h1-10H,11H2,(H,21,22). The Morgan fingerprint density at radius 3 is 2.68 bits per heavy atom. The third-order valence-corrected chi connectivity index (χ3v) is 3.60. The summed E-state index contributed by atoms with van der Waals surface area (Å²) in [6.07, 6.45) is 3.60. The first-order chi connectivity index (χ1) is 10.6. The van der Waals surface area contributed by atoms with E-state index in [0.29, 0.717) is 11.6 Å². The highest BCUT2D eigenvalue weighted by atomic mass is 35.5. The minimum Gasteiger partial charge on any atom is -0.478 e. The Labute approximate surface area is 132 Å². The Bertz CT molecular complexity index is 810. The van der Waals surface area contributed by atoms with Crippen LogP contribution < -0.4 is 0 Å². The summed E-state index contributed by atoms with van der Waals surface area (Å²) in [5.74, 6) is -0.109. The molecule has 0 saturated heterocycles. The molecule has 3 rings (SSSR count). The summed E-state index contributed by atoms with van der Waals surface area (Å²) in [6, 6.07) is 14.4. The van der Waals surface area contributed by atoms with Crippen LogP contribution in [-0.4, -0.2) is 20.6 Å². The van der Waals surface area contributed by atoms with Crippen molar-refractivity contribution in [1.29, 1.82) is 0 Å². The van der Waals surface area contributed by atoms with Crippen molar-refractivity contribution in [1.82, 2.24) is 9.55 Å². The van der Waals surface area contributed by atoms with Gasteiger partial charge in [0.05, 0.1) is 5.56 Å². The molecular weight excluding hydrogens is 300 g/mol. The van der Waals surface area contributed by atoms with E-state index in [-0.39, 0.29) is 5.56 Å². The van der Waals surface area contributed by atoms with Crippen LogP contribution >= 0.6 is 11.6 Å². The van der Waals surface area contributed by atoms with Crippen LogP contribution in [-0.2, 0) is 6.54 Å². The molecule has 0 fully saturated rings. The van der Waals surface area contributed by atoms with Crippen LogP contribution in [0.25, 0.3) is 11.4 Å². The summed E-state index contributed by atoms with van der Waals surface area (Å²) in [7, 11) is 0. The second kappa shape index (κ2) is 6.03. The van der Waals surface area contributed by atoms with Crippen LogP contribution in [0.4, 0.5) is 0 Å². The molecule has 0 saturated carbocycles. The minimum atomic E-state index is -0.926. The molecule has 1 N–H and O–H groups in total. The quantitative estimate of drug-likeness (QED) is 0.793. The van der Waals surface area contributed by atoms with E-state index in [1.807, 2.05) is 41.1 Å². The number of hydrogen-bond donors (Lipinski definition) is 1. The fourth-order valence-corrected chi connectivity index (χ4v) is 2.42. The molecule has 0 bridgehead atoms. The monoisotopic (exact) mass is 312 g/mol. The maximum Gasteiger partial charge on any atom is 0.335 e. The highest BCUT2D eigenvalue weighted by Crippen LogP contribution is 2.21. The first-order valence-corrected chi connectivity index (χ1v) is 7.10. The Balaban J connectivity index is 1.91. The SMILES string of the molecule is O=C(O)c1cccc(Cn2ccnc2-c2ccc(Cl)cc2)c1. The van der Waals surface area contributed by atoms with Gasteiger partial charge in [-0.25, -0.2) is 9.78 Å². The average molecular weight is 313 g/mol. The van der Waals surface area contributed by atoms with Crippen LogP contribution in [0.5, 0.6) is 0 Å². The highest BCUT2D eigenvalue weighted by Gasteiger charge is 2.08. The number of imidazole rings is 1. The first kappa shape index (κ1) is 14.4. The second-order valence-corrected chi connectivity index (χ2v) is 5.33. The maximum absolute atomic E-state index is 11.0. The van der Waals surface area contributed by atoms with Gasteiger partial charge in [-0.3, -0.25) is 0 Å². The van der Waals surface area contributed by atoms with E-state index in [0.717, 1.165) is 17.0 Å². The molecule has 0 aliphatic rings. The summed E-state index contributed by atoms with van der Waals surface area (Å²) in [5.41, 5.74) is 2.16. The van der Waals surface area contributed by atoms with Gasteiger partial charge in [-0.2, -0.15) is 0 Å². The Kier molecular flexibility index (Phi) is 3.94. The van der Waals surface area contributed by atoms with Crippen LogP contribution in [0, 0.1) is 0 Å². The summed E-state index contributed by atoms with van der Waals surface area (Å²) in [6.45, 7) is 0.555. The van der Waals surface area contributed by atoms with Crippen molar-refractivity contribution in [3.63, 3.8) is 0 Å². The second-order valence-electron chi connectivity index (χ2n) is 4.89. The molecule has 0 spiro atoms. The third-order valence-electron chi connectivity index (χ3n) is 3.34. The van der Waals surface area contributed by atoms with E-state index >= 15 is 0 Å². The van der Waals surface area contributed by atoms with Gasteiger partial charge in [-0.15, -0.1) is 0 Å². The van der Waals surface area contributed by atoms with Gasteiger partial charge in [-0.05, 0) is 42.0 Å². The molecule has 22 heavy (non-hydrogen) atoms. The molecule has 2 aromatic carbocycles. The lowest BCUT2D eigenvalue weighted by Crippen LogP contribution is -2.03. The number of halogens is 1. The van der Waals surface area contributed by atoms with E-state index in [2.05, 4.69) is 4.98 Å². The molecule has 1 aromatic heterocycles. The van der Waals surface area contributed by atoms with E-state index in [1.54, 1.807) is 24.4 Å². The number of benzene rings is 2. The fourth-order valence-electron chi connectivity index (χ4n) is 2.30. The van der Waals surface area contributed by atoms with Crippen LogP contribution in [0.2, 0.25) is 5.02 Å². The number of nitrogens with zero attached hydrogens (tertiary/aromatic N) is 2. The van der Waals surface area contributed by atoms with Gasteiger partial charge in [0.2, 0.25) is 0 Å². The predicted molar refractivity (Wildman–Crippen MR) is 85.2 cm³/mol. The van der Waals surface area contributed by atoms with Crippen molar-refractivity contribution >= 4 is 17.6 Å². The van der Waals surface area contributed by atoms with Crippen molar-refractivity contribution in [2.45, 2.75) is 6.54 Å². The zero-order chi connectivity index (χ0) is 15.5. The van der Waals surface area contributed by atoms with E-state index in [4.69, 9.17) is 16.7 Å². The zero-order valence-corrected chi connectivity index (χ0v) is 12.4. The van der Waals surface area contributed by atoms with Gasteiger partial charge < -0.3 is 9.67 Å². The molecule has 0 radical (unpaired) electrons. The van der Waals surface area contributed by atoms with E-state index in [9.17, 15) is 4.79 Å². The van der Waals surface area contributed by atoms with Gasteiger partial charge in [0.1, 0.15) is 5.82 Å².